The van der Waals surface area contributed by atoms with Crippen molar-refractivity contribution in [3.05, 3.63) is 0 Å². The van der Waals surface area contributed by atoms with Gasteiger partial charge in [-0.2, -0.15) is 0 Å². The highest BCUT2D eigenvalue weighted by molar-refractivity contribution is 6.21. The van der Waals surface area contributed by atoms with Gasteiger partial charge in [0.2, 0.25) is 5.91 Å². The van der Waals surface area contributed by atoms with Crippen molar-refractivity contribution >= 4 is 17.5 Å². The summed E-state index contributed by atoms with van der Waals surface area (Å²) in [5.74, 6) is 1.91. The zero-order valence-electron chi connectivity index (χ0n) is 7.50. The fourth-order valence-corrected chi connectivity index (χ4v) is 3.78. The maximum absolute atomic E-state index is 11.6. The van der Waals surface area contributed by atoms with Gasteiger partial charge < -0.3 is 5.32 Å². The number of carbonyl (C=O) groups excluding carboxylic acids is 1. The predicted octanol–water partition coefficient (Wildman–Crippen LogP) is 1.53. The minimum Gasteiger partial charge on any atom is -0.352 e. The van der Waals surface area contributed by atoms with Gasteiger partial charge in [-0.15, -0.1) is 11.6 Å². The van der Waals surface area contributed by atoms with E-state index < -0.39 is 0 Å². The largest absolute Gasteiger partial charge is 0.352 e. The molecule has 2 saturated heterocycles. The average Bonchev–Trinajstić information content (AvgIpc) is 2.26. The van der Waals surface area contributed by atoms with E-state index in [1.165, 1.54) is 6.42 Å². The first-order valence-electron chi connectivity index (χ1n) is 5.18. The molecule has 4 rings (SSSR count). The Hall–Kier alpha value is -0.240. The van der Waals surface area contributed by atoms with Crippen LogP contribution >= 0.6 is 11.6 Å². The number of amides is 1. The summed E-state index contributed by atoms with van der Waals surface area (Å²) in [4.78, 5) is 11.6. The van der Waals surface area contributed by atoms with Gasteiger partial charge in [-0.1, -0.05) is 0 Å². The topological polar surface area (TPSA) is 29.1 Å². The van der Waals surface area contributed by atoms with Crippen LogP contribution in [-0.2, 0) is 4.79 Å². The first kappa shape index (κ1) is 8.10. The molecule has 2 saturated carbocycles. The SMILES string of the molecule is O=C1N[C@@H]2C[C@@H]3C[C@H]1C[C@@H](C3)[C@H]2Cl. The third-order valence-corrected chi connectivity index (χ3v) is 4.62. The fraction of sp³-hybridized carbons (Fsp3) is 0.900. The Bertz CT molecular complexity index is 255. The minimum atomic E-state index is 0.200. The van der Waals surface area contributed by atoms with Crippen LogP contribution in [0.4, 0.5) is 0 Å². The summed E-state index contributed by atoms with van der Waals surface area (Å²) in [6.45, 7) is 0. The smallest absolute Gasteiger partial charge is 0.223 e. The summed E-state index contributed by atoms with van der Waals surface area (Å²) in [5.41, 5.74) is 0. The number of fused-ring (bicyclic) bond motifs is 1. The Morgan fingerprint density at radius 3 is 2.92 bits per heavy atom. The number of carbonyl (C=O) groups is 1. The molecule has 4 bridgehead atoms. The lowest BCUT2D eigenvalue weighted by atomic mass is 9.68. The molecule has 2 aliphatic heterocycles. The number of rotatable bonds is 0. The van der Waals surface area contributed by atoms with Gasteiger partial charge in [-0.05, 0) is 37.5 Å². The van der Waals surface area contributed by atoms with E-state index in [1.54, 1.807) is 0 Å². The van der Waals surface area contributed by atoms with Crippen molar-refractivity contribution in [2.24, 2.45) is 17.8 Å². The van der Waals surface area contributed by atoms with Crippen molar-refractivity contribution < 1.29 is 4.79 Å². The molecular weight excluding hydrogens is 186 g/mol. The third-order valence-electron chi connectivity index (χ3n) is 3.96. The normalized spacial score (nSPS) is 53.3. The molecule has 1 amide bonds. The monoisotopic (exact) mass is 199 g/mol. The van der Waals surface area contributed by atoms with Gasteiger partial charge in [-0.25, -0.2) is 0 Å². The molecule has 0 radical (unpaired) electrons. The zero-order chi connectivity index (χ0) is 9.00. The number of hydrogen-bond acceptors (Lipinski definition) is 1. The second kappa shape index (κ2) is 2.63. The highest BCUT2D eigenvalue weighted by Crippen LogP contribution is 2.46. The highest BCUT2D eigenvalue weighted by atomic mass is 35.5. The van der Waals surface area contributed by atoms with E-state index in [4.69, 9.17) is 11.6 Å². The Labute approximate surface area is 83.0 Å². The van der Waals surface area contributed by atoms with E-state index in [0.29, 0.717) is 5.92 Å². The van der Waals surface area contributed by atoms with Crippen LogP contribution < -0.4 is 5.32 Å². The molecule has 0 aromatic carbocycles. The van der Waals surface area contributed by atoms with Gasteiger partial charge in [0.15, 0.2) is 0 Å². The van der Waals surface area contributed by atoms with Crippen LogP contribution in [0.5, 0.6) is 0 Å². The molecule has 72 valence electrons. The summed E-state index contributed by atoms with van der Waals surface area (Å²) >= 11 is 6.33. The molecular formula is C10H14ClNO. The Kier molecular flexibility index (Phi) is 1.64. The molecule has 0 aromatic heterocycles. The standard InChI is InChI=1S/C10H14ClNO/c11-9-6-1-5-2-7(4-6)10(13)12-8(9)3-5/h5-9H,1-4H2,(H,12,13)/t5-,6+,7-,8+,9+/m0/s1. The lowest BCUT2D eigenvalue weighted by Crippen LogP contribution is -2.44. The van der Waals surface area contributed by atoms with E-state index >= 15 is 0 Å². The van der Waals surface area contributed by atoms with Crippen molar-refractivity contribution in [1.29, 1.82) is 0 Å². The maximum atomic E-state index is 11.6. The van der Waals surface area contributed by atoms with Gasteiger partial charge in [0, 0.05) is 12.0 Å². The van der Waals surface area contributed by atoms with E-state index in [-0.39, 0.29) is 23.2 Å². The summed E-state index contributed by atoms with van der Waals surface area (Å²) in [6.07, 6.45) is 4.53. The van der Waals surface area contributed by atoms with E-state index in [9.17, 15) is 4.79 Å². The molecule has 2 heterocycles. The van der Waals surface area contributed by atoms with E-state index in [0.717, 1.165) is 25.2 Å². The minimum absolute atomic E-state index is 0.200. The predicted molar refractivity (Wildman–Crippen MR) is 50.5 cm³/mol. The molecule has 2 nitrogen and oxygen atoms in total. The summed E-state index contributed by atoms with van der Waals surface area (Å²) in [7, 11) is 0. The third kappa shape index (κ3) is 1.11. The van der Waals surface area contributed by atoms with Crippen LogP contribution in [0.2, 0.25) is 0 Å². The fourth-order valence-electron chi connectivity index (χ4n) is 3.41. The Balaban J connectivity index is 1.98. The van der Waals surface area contributed by atoms with Gasteiger partial charge in [-0.3, -0.25) is 4.79 Å². The van der Waals surface area contributed by atoms with Crippen LogP contribution in [0, 0.1) is 17.8 Å². The highest BCUT2D eigenvalue weighted by Gasteiger charge is 2.47. The lowest BCUT2D eigenvalue weighted by molar-refractivity contribution is -0.125. The molecule has 4 fully saturated rings. The summed E-state index contributed by atoms with van der Waals surface area (Å²) in [5, 5.41) is 3.28. The van der Waals surface area contributed by atoms with Crippen molar-refractivity contribution in [2.45, 2.75) is 37.1 Å². The summed E-state index contributed by atoms with van der Waals surface area (Å²) < 4.78 is 0. The van der Waals surface area contributed by atoms with Crippen LogP contribution in [0.25, 0.3) is 0 Å². The maximum Gasteiger partial charge on any atom is 0.223 e. The molecule has 13 heavy (non-hydrogen) atoms. The molecule has 4 aliphatic rings. The average molecular weight is 200 g/mol. The Morgan fingerprint density at radius 1 is 1.23 bits per heavy atom. The molecule has 0 aromatic rings. The zero-order valence-corrected chi connectivity index (χ0v) is 8.26. The molecule has 2 aliphatic carbocycles. The van der Waals surface area contributed by atoms with E-state index in [1.807, 2.05) is 0 Å². The summed E-state index contributed by atoms with van der Waals surface area (Å²) in [6, 6.07) is 0.269. The quantitative estimate of drug-likeness (QED) is 0.589. The van der Waals surface area contributed by atoms with Crippen molar-refractivity contribution in [2.75, 3.05) is 0 Å². The van der Waals surface area contributed by atoms with Crippen LogP contribution in [-0.4, -0.2) is 17.3 Å². The first-order chi connectivity index (χ1) is 6.24. The van der Waals surface area contributed by atoms with Crippen LogP contribution in [0.1, 0.15) is 25.7 Å². The van der Waals surface area contributed by atoms with Crippen LogP contribution in [0.15, 0.2) is 0 Å². The van der Waals surface area contributed by atoms with Crippen LogP contribution in [0.3, 0.4) is 0 Å². The van der Waals surface area contributed by atoms with Gasteiger partial charge in [0.05, 0.1) is 5.38 Å². The first-order valence-corrected chi connectivity index (χ1v) is 5.62. The molecule has 1 N–H and O–H groups in total. The van der Waals surface area contributed by atoms with Crippen molar-refractivity contribution in [3.63, 3.8) is 0 Å². The second-order valence-corrected chi connectivity index (χ2v) is 5.33. The second-order valence-electron chi connectivity index (χ2n) is 4.83. The van der Waals surface area contributed by atoms with Crippen molar-refractivity contribution in [1.82, 2.24) is 5.32 Å². The molecule has 0 spiro atoms. The van der Waals surface area contributed by atoms with Gasteiger partial charge in [0.1, 0.15) is 0 Å². The molecule has 0 unspecified atom stereocenters. The molecule has 5 atom stereocenters. The number of nitrogens with one attached hydrogen (secondary N) is 1. The number of alkyl halides is 1. The van der Waals surface area contributed by atoms with E-state index in [2.05, 4.69) is 5.32 Å². The lowest BCUT2D eigenvalue weighted by Gasteiger charge is -2.40. The van der Waals surface area contributed by atoms with Gasteiger partial charge >= 0.3 is 0 Å². The number of halogens is 1. The van der Waals surface area contributed by atoms with Crippen molar-refractivity contribution in [3.8, 4) is 0 Å². The van der Waals surface area contributed by atoms with Gasteiger partial charge in [0.25, 0.3) is 0 Å². The number of hydrogen-bond donors (Lipinski definition) is 1. The molecule has 3 heteroatoms. The Morgan fingerprint density at radius 2 is 2.08 bits per heavy atom.